The number of allylic oxidation sites excluding steroid dienone is 4. The Bertz CT molecular complexity index is 1870. The van der Waals surface area contributed by atoms with Gasteiger partial charge in [0.15, 0.2) is 12.4 Å². The maximum Gasteiger partial charge on any atom is 0.342 e. The number of phenols is 1. The van der Waals surface area contributed by atoms with E-state index in [1.54, 1.807) is 57.2 Å². The van der Waals surface area contributed by atoms with E-state index in [1.807, 2.05) is 13.0 Å². The second-order valence-corrected chi connectivity index (χ2v) is 16.2. The number of esters is 2. The highest BCUT2D eigenvalue weighted by atomic mass is 16.6. The van der Waals surface area contributed by atoms with E-state index in [1.165, 1.54) is 18.2 Å². The number of hydrogen-bond donors (Lipinski definition) is 3. The molecule has 3 saturated carbocycles. The van der Waals surface area contributed by atoms with Crippen LogP contribution in [0.25, 0.3) is 0 Å². The van der Waals surface area contributed by atoms with Crippen molar-refractivity contribution in [3.8, 4) is 5.75 Å². The van der Waals surface area contributed by atoms with Gasteiger partial charge in [0.25, 0.3) is 0 Å². The average Bonchev–Trinajstić information content (AvgIpc) is 3.35. The summed E-state index contributed by atoms with van der Waals surface area (Å²) in [7, 11) is 0. The Balaban J connectivity index is 1.07. The van der Waals surface area contributed by atoms with Crippen molar-refractivity contribution >= 4 is 34.9 Å². The Morgan fingerprint density at radius 2 is 1.79 bits per heavy atom. The molecule has 2 aromatic carbocycles. The smallest absolute Gasteiger partial charge is 0.342 e. The second kappa shape index (κ2) is 13.8. The van der Waals surface area contributed by atoms with Gasteiger partial charge >= 0.3 is 11.9 Å². The number of phenolic OH excluding ortho intramolecular Hbond substituents is 1. The number of ether oxygens (including phenoxy) is 2. The molecule has 0 radical (unpaired) electrons. The lowest BCUT2D eigenvalue weighted by Gasteiger charge is -2.59. The van der Waals surface area contributed by atoms with Crippen LogP contribution in [0.5, 0.6) is 5.75 Å². The number of aliphatic hydroxyl groups is 2. The molecule has 52 heavy (non-hydrogen) atoms. The lowest BCUT2D eigenvalue weighted by Crippen LogP contribution is -2.61. The van der Waals surface area contributed by atoms with Crippen LogP contribution in [0.1, 0.15) is 89.1 Å². The number of rotatable bonds is 9. The number of aryl methyl sites for hydroxylation is 1. The summed E-state index contributed by atoms with van der Waals surface area (Å²) in [6.07, 6.45) is 7.21. The van der Waals surface area contributed by atoms with E-state index in [2.05, 4.69) is 17.2 Å². The number of carbonyl (C=O) groups excluding carboxylic acids is 4. The van der Waals surface area contributed by atoms with Crippen molar-refractivity contribution in [1.29, 1.82) is 0 Å². The number of fused-ring (bicyclic) bond motifs is 5. The number of nitrogens with zero attached hydrogens (tertiary/aromatic N) is 2. The molecule has 11 heteroatoms. The lowest BCUT2D eigenvalue weighted by molar-refractivity contribution is -0.181. The third-order valence-corrected chi connectivity index (χ3v) is 11.9. The molecule has 0 unspecified atom stereocenters. The summed E-state index contributed by atoms with van der Waals surface area (Å²) in [5, 5.41) is 42.3. The van der Waals surface area contributed by atoms with Crippen LogP contribution in [-0.2, 0) is 30.3 Å². The zero-order valence-electron chi connectivity index (χ0n) is 30.4. The first-order valence-corrected chi connectivity index (χ1v) is 18.0. The molecule has 0 saturated heterocycles. The first kappa shape index (κ1) is 37.3. The quantitative estimate of drug-likeness (QED) is 0.186. The van der Waals surface area contributed by atoms with Crippen molar-refractivity contribution in [2.45, 2.75) is 96.9 Å². The van der Waals surface area contributed by atoms with Crippen LogP contribution in [0.2, 0.25) is 0 Å². The number of hydrogen-bond acceptors (Lipinski definition) is 11. The Morgan fingerprint density at radius 3 is 2.54 bits per heavy atom. The van der Waals surface area contributed by atoms with Crippen molar-refractivity contribution < 1.29 is 44.0 Å². The summed E-state index contributed by atoms with van der Waals surface area (Å²) in [5.41, 5.74) is -1.33. The summed E-state index contributed by atoms with van der Waals surface area (Å²) in [6.45, 7) is 8.58. The van der Waals surface area contributed by atoms with Gasteiger partial charge in [0.05, 0.1) is 17.5 Å². The Kier molecular flexibility index (Phi) is 9.91. The van der Waals surface area contributed by atoms with Crippen LogP contribution in [0, 0.1) is 28.6 Å². The minimum absolute atomic E-state index is 0.00825. The fraction of sp³-hybridized carbons (Fsp3) is 0.512. The van der Waals surface area contributed by atoms with Crippen LogP contribution in [-0.4, -0.2) is 62.7 Å². The van der Waals surface area contributed by atoms with E-state index in [4.69, 9.17) is 9.47 Å². The van der Waals surface area contributed by atoms with Crippen LogP contribution >= 0.6 is 0 Å². The Morgan fingerprint density at radius 1 is 1.04 bits per heavy atom. The molecule has 11 nitrogen and oxygen atoms in total. The second-order valence-electron chi connectivity index (χ2n) is 16.2. The molecule has 4 aliphatic carbocycles. The van der Waals surface area contributed by atoms with Crippen molar-refractivity contribution in [2.24, 2.45) is 38.8 Å². The molecule has 276 valence electrons. The number of aliphatic hydroxyl groups excluding tert-OH is 1. The third kappa shape index (κ3) is 6.88. The highest BCUT2D eigenvalue weighted by Gasteiger charge is 2.68. The number of aromatic hydroxyl groups is 1. The fourth-order valence-electron chi connectivity index (χ4n) is 9.38. The lowest BCUT2D eigenvalue weighted by atomic mass is 9.46. The highest BCUT2D eigenvalue weighted by Crippen LogP contribution is 2.67. The predicted molar refractivity (Wildman–Crippen MR) is 191 cm³/mol. The zero-order chi connectivity index (χ0) is 37.6. The topological polar surface area (TPSA) is 172 Å². The van der Waals surface area contributed by atoms with Crippen LogP contribution in [0.4, 0.5) is 11.4 Å². The van der Waals surface area contributed by atoms with Crippen molar-refractivity contribution in [3.05, 3.63) is 77.4 Å². The summed E-state index contributed by atoms with van der Waals surface area (Å²) < 4.78 is 10.8. The summed E-state index contributed by atoms with van der Waals surface area (Å²) in [4.78, 5) is 51.3. The first-order chi connectivity index (χ1) is 24.4. The van der Waals surface area contributed by atoms with Crippen molar-refractivity contribution in [2.75, 3.05) is 6.61 Å². The molecule has 3 fully saturated rings. The fourth-order valence-corrected chi connectivity index (χ4v) is 9.38. The van der Waals surface area contributed by atoms with E-state index in [0.29, 0.717) is 23.4 Å². The average molecular weight is 713 g/mol. The van der Waals surface area contributed by atoms with Gasteiger partial charge in [-0.3, -0.25) is 14.4 Å². The summed E-state index contributed by atoms with van der Waals surface area (Å²) in [5.74, 6) is -2.19. The molecule has 6 rings (SSSR count). The normalized spacial score (nSPS) is 31.0. The van der Waals surface area contributed by atoms with Gasteiger partial charge in [0, 0.05) is 23.2 Å². The number of azo groups is 1. The van der Waals surface area contributed by atoms with Crippen molar-refractivity contribution in [1.82, 2.24) is 0 Å². The minimum atomic E-state index is -1.75. The molecule has 2 aromatic rings. The largest absolute Gasteiger partial charge is 0.507 e. The van der Waals surface area contributed by atoms with Crippen LogP contribution in [0.3, 0.4) is 0 Å². The van der Waals surface area contributed by atoms with Gasteiger partial charge in [0.2, 0.25) is 5.78 Å². The van der Waals surface area contributed by atoms with Crippen LogP contribution < -0.4 is 0 Å². The van der Waals surface area contributed by atoms with E-state index >= 15 is 0 Å². The summed E-state index contributed by atoms with van der Waals surface area (Å²) >= 11 is 0. The molecular formula is C41H48N2O9. The molecule has 4 aliphatic rings. The molecule has 0 amide bonds. The monoisotopic (exact) mass is 712 g/mol. The third-order valence-electron chi connectivity index (χ3n) is 11.9. The van der Waals surface area contributed by atoms with Gasteiger partial charge in [-0.05, 0) is 113 Å². The van der Waals surface area contributed by atoms with Gasteiger partial charge < -0.3 is 24.8 Å². The van der Waals surface area contributed by atoms with Gasteiger partial charge in [0.1, 0.15) is 22.5 Å². The molecule has 0 heterocycles. The number of carbonyl (C=O) groups is 4. The zero-order valence-corrected chi connectivity index (χ0v) is 30.4. The van der Waals surface area contributed by atoms with Crippen LogP contribution in [0.15, 0.2) is 76.5 Å². The van der Waals surface area contributed by atoms with Gasteiger partial charge in [-0.2, -0.15) is 10.2 Å². The highest BCUT2D eigenvalue weighted by molar-refractivity contribution is 6.01. The number of benzene rings is 2. The maximum absolute atomic E-state index is 13.7. The maximum atomic E-state index is 13.7. The molecule has 0 bridgehead atoms. The summed E-state index contributed by atoms with van der Waals surface area (Å²) in [6, 6.07) is 11.3. The predicted octanol–water partition coefficient (Wildman–Crippen LogP) is 6.82. The molecule has 0 aromatic heterocycles. The Labute approximate surface area is 303 Å². The van der Waals surface area contributed by atoms with Gasteiger partial charge in [-0.15, -0.1) is 0 Å². The SMILES string of the molecule is CC(C)(C)OC(=O)c1cc(N=Nc2ccccc2CCC(=O)OCC(=O)[C@@]2(O)CC[C@H]3[C@@H]4CCC5=CC(=O)C=C[C@]5(C)[C@H]4[C@@H](O)C[C@@]32C)ccc1O. The number of Topliss-reactive ketones (excluding diaryl/α,β-unsaturated/α-hetero) is 1. The Hall–Kier alpha value is -4.48. The van der Waals surface area contributed by atoms with E-state index in [9.17, 15) is 34.5 Å². The van der Waals surface area contributed by atoms with E-state index in [-0.39, 0.29) is 60.5 Å². The molecule has 0 spiro atoms. The van der Waals surface area contributed by atoms with E-state index in [0.717, 1.165) is 18.4 Å². The molecule has 7 atom stereocenters. The minimum Gasteiger partial charge on any atom is -0.507 e. The number of ketones is 2. The van der Waals surface area contributed by atoms with Crippen molar-refractivity contribution in [3.63, 3.8) is 0 Å². The van der Waals surface area contributed by atoms with Gasteiger partial charge in [-0.1, -0.05) is 43.7 Å². The molecule has 3 N–H and O–H groups in total. The first-order valence-electron chi connectivity index (χ1n) is 18.0. The molecule has 0 aliphatic heterocycles. The molecular weight excluding hydrogens is 664 g/mol. The van der Waals surface area contributed by atoms with Gasteiger partial charge in [-0.25, -0.2) is 4.79 Å². The standard InChI is InChI=1S/C41H48N2O9/c1-38(2,3)52-37(49)29-21-26(12-14-32(29)45)42-43-31-9-7-6-8-24(31)10-15-35(48)51-23-34(47)41(50)19-17-30-28-13-11-25-20-27(44)16-18-39(25,4)36(28)33(46)22-40(30,41)5/h6-9,12,14,16,18,20-21,28,30,33,36,45-46,50H,10-11,13,15,17,19,22-23H2,1-5H3/t28-,30-,33-,36+,39-,40-,41-/m0/s1. The van der Waals surface area contributed by atoms with E-state index < -0.39 is 52.5 Å².